The third kappa shape index (κ3) is 4.52. The Hall–Kier alpha value is -4.40. The lowest BCUT2D eigenvalue weighted by Gasteiger charge is -2.18. The van der Waals surface area contributed by atoms with Crippen LogP contribution in [0.25, 0.3) is 22.5 Å². The monoisotopic (exact) mass is 469 g/mol. The van der Waals surface area contributed by atoms with Gasteiger partial charge in [0.05, 0.1) is 18.3 Å². The van der Waals surface area contributed by atoms with E-state index in [1.54, 1.807) is 45.9 Å². The molecule has 1 atom stereocenters. The van der Waals surface area contributed by atoms with Gasteiger partial charge in [0.15, 0.2) is 5.82 Å². The number of H-pyrrole nitrogens is 1. The Balaban J connectivity index is 1.40. The highest BCUT2D eigenvalue weighted by atomic mass is 19.1. The molecule has 0 spiro atoms. The minimum absolute atomic E-state index is 0.194. The Morgan fingerprint density at radius 1 is 1.00 bits per heavy atom. The summed E-state index contributed by atoms with van der Waals surface area (Å²) in [5.41, 5.74) is 3.80. The molecule has 0 aliphatic rings. The first-order chi connectivity index (χ1) is 17.2. The number of benzene rings is 2. The van der Waals surface area contributed by atoms with Crippen LogP contribution in [-0.4, -0.2) is 34.7 Å². The van der Waals surface area contributed by atoms with Crippen molar-refractivity contribution in [1.82, 2.24) is 34.7 Å². The maximum atomic E-state index is 14.5. The number of hydrogen-bond donors (Lipinski definition) is 1. The summed E-state index contributed by atoms with van der Waals surface area (Å²) in [5.74, 6) is 0.276. The molecule has 0 aliphatic carbocycles. The van der Waals surface area contributed by atoms with Gasteiger partial charge in [0.1, 0.15) is 5.82 Å². The largest absolute Gasteiger partial charge is 0.329 e. The molecule has 3 heterocycles. The Bertz CT molecular complexity index is 1470. The van der Waals surface area contributed by atoms with E-state index >= 15 is 0 Å². The van der Waals surface area contributed by atoms with Crippen LogP contribution in [0.15, 0.2) is 84.0 Å². The lowest BCUT2D eigenvalue weighted by Crippen LogP contribution is -2.28. The predicted molar refractivity (Wildman–Crippen MR) is 130 cm³/mol. The van der Waals surface area contributed by atoms with Crippen LogP contribution in [0.3, 0.4) is 0 Å². The van der Waals surface area contributed by atoms with Crippen molar-refractivity contribution in [2.45, 2.75) is 32.4 Å². The molecule has 1 unspecified atom stereocenters. The number of halogens is 1. The molecule has 5 rings (SSSR count). The van der Waals surface area contributed by atoms with Gasteiger partial charge in [-0.3, -0.25) is 14.1 Å². The Kier molecular flexibility index (Phi) is 6.30. The van der Waals surface area contributed by atoms with Gasteiger partial charge in [-0.15, -0.1) is 5.10 Å². The van der Waals surface area contributed by atoms with Crippen molar-refractivity contribution in [1.29, 1.82) is 0 Å². The van der Waals surface area contributed by atoms with Crippen LogP contribution in [-0.2, 0) is 6.54 Å². The van der Waals surface area contributed by atoms with Crippen LogP contribution >= 0.6 is 0 Å². The summed E-state index contributed by atoms with van der Waals surface area (Å²) in [6, 6.07) is 17.9. The first-order valence-corrected chi connectivity index (χ1v) is 11.5. The zero-order valence-electron chi connectivity index (χ0n) is 19.2. The summed E-state index contributed by atoms with van der Waals surface area (Å²) in [7, 11) is 0. The third-order valence-electron chi connectivity index (χ3n) is 6.03. The maximum absolute atomic E-state index is 14.5. The fourth-order valence-electron chi connectivity index (χ4n) is 4.32. The summed E-state index contributed by atoms with van der Waals surface area (Å²) in [6.07, 6.45) is 6.72. The van der Waals surface area contributed by atoms with Gasteiger partial charge < -0.3 is 0 Å². The number of aromatic amines is 1. The van der Waals surface area contributed by atoms with E-state index < -0.39 is 0 Å². The summed E-state index contributed by atoms with van der Waals surface area (Å²) < 4.78 is 17.7. The molecule has 3 aromatic heterocycles. The molecule has 0 amide bonds. The van der Waals surface area contributed by atoms with Crippen LogP contribution in [0.4, 0.5) is 4.39 Å². The lowest BCUT2D eigenvalue weighted by atomic mass is 10.0. The van der Waals surface area contributed by atoms with Gasteiger partial charge in [0.2, 0.25) is 0 Å². The summed E-state index contributed by atoms with van der Waals surface area (Å²) in [5, 5.41) is 14.1. The van der Waals surface area contributed by atoms with E-state index in [-0.39, 0.29) is 17.5 Å². The van der Waals surface area contributed by atoms with Crippen molar-refractivity contribution in [3.05, 3.63) is 107 Å². The molecule has 2 aromatic carbocycles. The number of pyridine rings is 1. The van der Waals surface area contributed by atoms with E-state index in [1.165, 1.54) is 6.07 Å². The molecule has 176 valence electrons. The number of rotatable bonds is 8. The molecule has 0 radical (unpaired) electrons. The molecule has 0 bridgehead atoms. The lowest BCUT2D eigenvalue weighted by molar-refractivity contribution is 0.480. The van der Waals surface area contributed by atoms with Gasteiger partial charge >= 0.3 is 5.69 Å². The Labute approximate surface area is 201 Å². The Morgan fingerprint density at radius 2 is 1.80 bits per heavy atom. The molecule has 35 heavy (non-hydrogen) atoms. The van der Waals surface area contributed by atoms with Crippen molar-refractivity contribution in [2.75, 3.05) is 0 Å². The molecule has 0 aliphatic heterocycles. The highest BCUT2D eigenvalue weighted by Crippen LogP contribution is 2.29. The number of imidazole rings is 1. The summed E-state index contributed by atoms with van der Waals surface area (Å²) in [6.45, 7) is 2.34. The fraction of sp³-hybridized carbons (Fsp3) is 0.192. The molecular weight excluding hydrogens is 445 g/mol. The van der Waals surface area contributed by atoms with Crippen molar-refractivity contribution in [3.8, 4) is 22.5 Å². The molecule has 0 saturated carbocycles. The number of nitrogens with zero attached hydrogens (tertiary/aromatic N) is 6. The normalized spacial score (nSPS) is 12.1. The number of tetrazole rings is 1. The van der Waals surface area contributed by atoms with E-state index in [9.17, 15) is 9.18 Å². The molecule has 8 nitrogen and oxygen atoms in total. The average molecular weight is 470 g/mol. The van der Waals surface area contributed by atoms with Gasteiger partial charge in [-0.25, -0.2) is 14.3 Å². The first kappa shape index (κ1) is 22.4. The van der Waals surface area contributed by atoms with Gasteiger partial charge in [-0.2, -0.15) is 0 Å². The van der Waals surface area contributed by atoms with Gasteiger partial charge in [0, 0.05) is 35.3 Å². The SMILES string of the molecule is CCCC(c1ccccc1F)n1ccn(Cc2ccc(-c3ccccc3-c3nnn[nH]3)cn2)c1=O. The summed E-state index contributed by atoms with van der Waals surface area (Å²) in [4.78, 5) is 17.8. The molecule has 1 N–H and O–H groups in total. The van der Waals surface area contributed by atoms with Crippen molar-refractivity contribution in [2.24, 2.45) is 0 Å². The second-order valence-corrected chi connectivity index (χ2v) is 8.28. The summed E-state index contributed by atoms with van der Waals surface area (Å²) >= 11 is 0. The zero-order valence-corrected chi connectivity index (χ0v) is 19.2. The van der Waals surface area contributed by atoms with Crippen molar-refractivity contribution >= 4 is 0 Å². The topological polar surface area (TPSA) is 94.3 Å². The second-order valence-electron chi connectivity index (χ2n) is 8.28. The number of aromatic nitrogens is 7. The van der Waals surface area contributed by atoms with E-state index in [1.807, 2.05) is 43.3 Å². The van der Waals surface area contributed by atoms with Gasteiger partial charge in [-0.05, 0) is 34.5 Å². The van der Waals surface area contributed by atoms with Gasteiger partial charge in [0.25, 0.3) is 0 Å². The van der Waals surface area contributed by atoms with Crippen LogP contribution in [0, 0.1) is 5.82 Å². The minimum Gasteiger partial charge on any atom is -0.293 e. The molecule has 0 saturated heterocycles. The van der Waals surface area contributed by atoms with Crippen LogP contribution in [0.2, 0.25) is 0 Å². The number of hydrogen-bond acceptors (Lipinski definition) is 5. The van der Waals surface area contributed by atoms with E-state index in [2.05, 4.69) is 25.6 Å². The van der Waals surface area contributed by atoms with Crippen LogP contribution in [0.1, 0.15) is 37.1 Å². The smallest absolute Gasteiger partial charge is 0.293 e. The van der Waals surface area contributed by atoms with Crippen molar-refractivity contribution in [3.63, 3.8) is 0 Å². The molecule has 0 fully saturated rings. The average Bonchev–Trinajstić information content (AvgIpc) is 3.55. The molecular formula is C26H24FN7O. The van der Waals surface area contributed by atoms with E-state index in [4.69, 9.17) is 0 Å². The second kappa shape index (κ2) is 9.84. The maximum Gasteiger partial charge on any atom is 0.329 e. The highest BCUT2D eigenvalue weighted by molar-refractivity contribution is 5.79. The van der Waals surface area contributed by atoms with Crippen LogP contribution < -0.4 is 5.69 Å². The molecule has 9 heteroatoms. The minimum atomic E-state index is -0.354. The Morgan fingerprint density at radius 3 is 2.51 bits per heavy atom. The predicted octanol–water partition coefficient (Wildman–Crippen LogP) is 4.47. The fourth-order valence-corrected chi connectivity index (χ4v) is 4.32. The van der Waals surface area contributed by atoms with Crippen molar-refractivity contribution < 1.29 is 4.39 Å². The zero-order chi connectivity index (χ0) is 24.2. The molecule has 5 aromatic rings. The number of nitrogens with one attached hydrogen (secondary N) is 1. The van der Waals surface area contributed by atoms with E-state index in [0.29, 0.717) is 24.4 Å². The quantitative estimate of drug-likeness (QED) is 0.362. The standard InChI is InChI=1S/C26H24FN7O/c1-2-7-24(22-10-5-6-11-23(22)27)34-15-14-33(26(34)35)17-19-13-12-18(16-28-19)20-8-3-4-9-21(20)25-29-31-32-30-25/h3-6,8-16,24H,2,7,17H2,1H3,(H,29,30,31,32). The highest BCUT2D eigenvalue weighted by Gasteiger charge is 2.19. The van der Waals surface area contributed by atoms with E-state index in [0.717, 1.165) is 28.8 Å². The third-order valence-corrected chi connectivity index (χ3v) is 6.03. The van der Waals surface area contributed by atoms with Crippen LogP contribution in [0.5, 0.6) is 0 Å². The first-order valence-electron chi connectivity index (χ1n) is 11.5. The van der Waals surface area contributed by atoms with Gasteiger partial charge in [-0.1, -0.05) is 61.9 Å².